The maximum absolute atomic E-state index is 12.5. The molecule has 1 aromatic rings. The van der Waals surface area contributed by atoms with Crippen molar-refractivity contribution in [1.29, 1.82) is 0 Å². The van der Waals surface area contributed by atoms with Gasteiger partial charge in [0.2, 0.25) is 9.84 Å². The van der Waals surface area contributed by atoms with Crippen LogP contribution in [0.2, 0.25) is 0 Å². The van der Waals surface area contributed by atoms with Crippen LogP contribution in [0.5, 0.6) is 0 Å². The van der Waals surface area contributed by atoms with Crippen LogP contribution >= 0.6 is 0 Å². The van der Waals surface area contributed by atoms with E-state index in [2.05, 4.69) is 4.90 Å². The fraction of sp³-hybridized carbons (Fsp3) is 0.385. The van der Waals surface area contributed by atoms with Gasteiger partial charge in [0.25, 0.3) is 0 Å². The molecule has 3 rings (SSSR count). The van der Waals surface area contributed by atoms with Crippen molar-refractivity contribution < 1.29 is 8.42 Å². The van der Waals surface area contributed by atoms with E-state index in [1.54, 1.807) is 18.2 Å². The van der Waals surface area contributed by atoms with E-state index in [1.807, 2.05) is 24.1 Å². The van der Waals surface area contributed by atoms with Gasteiger partial charge in [-0.05, 0) is 31.2 Å². The lowest BCUT2D eigenvalue weighted by Gasteiger charge is -2.34. The fourth-order valence-corrected chi connectivity index (χ4v) is 4.26. The first-order valence-corrected chi connectivity index (χ1v) is 7.57. The van der Waals surface area contributed by atoms with Crippen molar-refractivity contribution in [3.8, 4) is 0 Å². The second-order valence-corrected chi connectivity index (χ2v) is 6.73. The molecule has 0 bridgehead atoms. The molecule has 1 fully saturated rings. The Balaban J connectivity index is 2.01. The van der Waals surface area contributed by atoms with Crippen LogP contribution < -0.4 is 0 Å². The molecule has 5 heteroatoms. The van der Waals surface area contributed by atoms with Crippen molar-refractivity contribution in [3.05, 3.63) is 34.9 Å². The average Bonchev–Trinajstić information content (AvgIpc) is 2.62. The predicted molar refractivity (Wildman–Crippen MR) is 70.4 cm³/mol. The van der Waals surface area contributed by atoms with Gasteiger partial charge in [0.15, 0.2) is 0 Å². The molecular formula is C13H16N2O2S. The summed E-state index contributed by atoms with van der Waals surface area (Å²) >= 11 is 0. The fourth-order valence-electron chi connectivity index (χ4n) is 2.57. The zero-order valence-corrected chi connectivity index (χ0v) is 11.2. The molecule has 0 saturated carbocycles. The lowest BCUT2D eigenvalue weighted by Crippen LogP contribution is -2.43. The van der Waals surface area contributed by atoms with Crippen LogP contribution in [0.1, 0.15) is 12.0 Å². The lowest BCUT2D eigenvalue weighted by molar-refractivity contribution is 0.147. The standard InChI is InChI=1S/C13H16N2O2S/c1-14-7-4-8-15(10-14)13-9-11-5-2-3-6-12(11)18(13,16)17/h2-3,5-6,9H,4,7-8,10H2,1H3. The normalized spacial score (nSPS) is 22.7. The molecule has 18 heavy (non-hydrogen) atoms. The molecule has 1 aromatic carbocycles. The van der Waals surface area contributed by atoms with Gasteiger partial charge in [-0.15, -0.1) is 0 Å². The molecule has 1 saturated heterocycles. The van der Waals surface area contributed by atoms with E-state index in [4.69, 9.17) is 0 Å². The highest BCUT2D eigenvalue weighted by Gasteiger charge is 2.34. The zero-order chi connectivity index (χ0) is 12.8. The molecule has 0 N–H and O–H groups in total. The molecular weight excluding hydrogens is 248 g/mol. The molecule has 0 unspecified atom stereocenters. The van der Waals surface area contributed by atoms with Gasteiger partial charge in [0.1, 0.15) is 5.03 Å². The Labute approximate surface area is 107 Å². The predicted octanol–water partition coefficient (Wildman–Crippen LogP) is 1.37. The van der Waals surface area contributed by atoms with Gasteiger partial charge in [-0.2, -0.15) is 0 Å². The summed E-state index contributed by atoms with van der Waals surface area (Å²) in [5.74, 6) is 0. The number of rotatable bonds is 1. The van der Waals surface area contributed by atoms with Crippen molar-refractivity contribution in [3.63, 3.8) is 0 Å². The van der Waals surface area contributed by atoms with E-state index in [-0.39, 0.29) is 0 Å². The Morgan fingerprint density at radius 2 is 1.94 bits per heavy atom. The molecule has 4 nitrogen and oxygen atoms in total. The monoisotopic (exact) mass is 264 g/mol. The van der Waals surface area contributed by atoms with Crippen molar-refractivity contribution in [2.75, 3.05) is 26.8 Å². The minimum Gasteiger partial charge on any atom is -0.349 e. The third-order valence-corrected chi connectivity index (χ3v) is 5.33. The number of benzene rings is 1. The van der Waals surface area contributed by atoms with E-state index in [0.717, 1.165) is 25.1 Å². The first kappa shape index (κ1) is 11.7. The largest absolute Gasteiger partial charge is 0.349 e. The Morgan fingerprint density at radius 3 is 2.67 bits per heavy atom. The van der Waals surface area contributed by atoms with Gasteiger partial charge in [-0.3, -0.25) is 4.90 Å². The van der Waals surface area contributed by atoms with Crippen LogP contribution in [0.25, 0.3) is 6.08 Å². The van der Waals surface area contributed by atoms with Crippen LogP contribution in [-0.2, 0) is 9.84 Å². The van der Waals surface area contributed by atoms with Crippen molar-refractivity contribution in [2.24, 2.45) is 0 Å². The van der Waals surface area contributed by atoms with Crippen LogP contribution in [0.15, 0.2) is 34.2 Å². The number of nitrogens with zero attached hydrogens (tertiary/aromatic N) is 2. The van der Waals surface area contributed by atoms with E-state index in [0.29, 0.717) is 16.6 Å². The second kappa shape index (κ2) is 4.10. The van der Waals surface area contributed by atoms with Gasteiger partial charge in [-0.25, -0.2) is 8.42 Å². The minimum absolute atomic E-state index is 0.438. The summed E-state index contributed by atoms with van der Waals surface area (Å²) in [5, 5.41) is 0.454. The van der Waals surface area contributed by atoms with Gasteiger partial charge < -0.3 is 4.90 Å². The molecule has 96 valence electrons. The Bertz CT molecular complexity index is 607. The third kappa shape index (κ3) is 1.74. The van der Waals surface area contributed by atoms with Crippen molar-refractivity contribution in [1.82, 2.24) is 9.80 Å². The summed E-state index contributed by atoms with van der Waals surface area (Å²) in [4.78, 5) is 4.54. The maximum Gasteiger partial charge on any atom is 0.222 e. The van der Waals surface area contributed by atoms with Gasteiger partial charge in [0, 0.05) is 13.1 Å². The molecule has 0 spiro atoms. The molecule has 0 radical (unpaired) electrons. The Morgan fingerprint density at radius 1 is 1.17 bits per heavy atom. The maximum atomic E-state index is 12.5. The van der Waals surface area contributed by atoms with Gasteiger partial charge in [0.05, 0.1) is 11.6 Å². The van der Waals surface area contributed by atoms with Crippen LogP contribution in [0.3, 0.4) is 0 Å². The summed E-state index contributed by atoms with van der Waals surface area (Å²) in [7, 11) is -1.29. The highest BCUT2D eigenvalue weighted by molar-refractivity contribution is 7.95. The summed E-state index contributed by atoms with van der Waals surface area (Å²) in [6, 6.07) is 7.18. The summed E-state index contributed by atoms with van der Waals surface area (Å²) in [6.07, 6.45) is 2.80. The SMILES string of the molecule is CN1CCCN(C2=Cc3ccccc3S2(=O)=O)C1. The van der Waals surface area contributed by atoms with Crippen molar-refractivity contribution in [2.45, 2.75) is 11.3 Å². The molecule has 0 amide bonds. The quantitative estimate of drug-likeness (QED) is 0.768. The molecule has 0 aliphatic carbocycles. The second-order valence-electron chi connectivity index (χ2n) is 4.86. The van der Waals surface area contributed by atoms with Gasteiger partial charge in [-0.1, -0.05) is 18.2 Å². The molecule has 2 heterocycles. The van der Waals surface area contributed by atoms with E-state index < -0.39 is 9.84 Å². The van der Waals surface area contributed by atoms with Crippen LogP contribution in [-0.4, -0.2) is 45.0 Å². The minimum atomic E-state index is -3.31. The van der Waals surface area contributed by atoms with E-state index in [1.165, 1.54) is 0 Å². The van der Waals surface area contributed by atoms with Crippen molar-refractivity contribution >= 4 is 15.9 Å². The smallest absolute Gasteiger partial charge is 0.222 e. The average molecular weight is 264 g/mol. The summed E-state index contributed by atoms with van der Waals surface area (Å²) in [6.45, 7) is 2.51. The lowest BCUT2D eigenvalue weighted by atomic mass is 10.2. The zero-order valence-electron chi connectivity index (χ0n) is 10.3. The highest BCUT2D eigenvalue weighted by atomic mass is 32.2. The topological polar surface area (TPSA) is 40.6 Å². The highest BCUT2D eigenvalue weighted by Crippen LogP contribution is 2.34. The number of hydrogen-bond acceptors (Lipinski definition) is 4. The van der Waals surface area contributed by atoms with Crippen LogP contribution in [0.4, 0.5) is 0 Å². The van der Waals surface area contributed by atoms with E-state index >= 15 is 0 Å². The first-order valence-electron chi connectivity index (χ1n) is 6.08. The molecule has 2 aliphatic heterocycles. The van der Waals surface area contributed by atoms with Gasteiger partial charge >= 0.3 is 0 Å². The molecule has 2 aliphatic rings. The number of fused-ring (bicyclic) bond motifs is 1. The Hall–Kier alpha value is -1.33. The summed E-state index contributed by atoms with van der Waals surface area (Å²) < 4.78 is 24.9. The third-order valence-electron chi connectivity index (χ3n) is 3.45. The summed E-state index contributed by atoms with van der Waals surface area (Å²) in [5.41, 5.74) is 0.806. The number of hydrogen-bond donors (Lipinski definition) is 0. The number of sulfone groups is 1. The van der Waals surface area contributed by atoms with E-state index in [9.17, 15) is 8.42 Å². The van der Waals surface area contributed by atoms with Crippen LogP contribution in [0, 0.1) is 0 Å². The molecule has 0 atom stereocenters. The Kier molecular flexibility index (Phi) is 2.68. The molecule has 0 aromatic heterocycles. The first-order chi connectivity index (χ1) is 8.59.